The van der Waals surface area contributed by atoms with E-state index in [2.05, 4.69) is 0 Å². The van der Waals surface area contributed by atoms with E-state index in [0.29, 0.717) is 0 Å². The standard InChI is InChI=1S/C7H6FNO2.ClH/c8-4-1-2-5(7(10)11)6(9)3-4;/h1-3H,9H2,(H,10,11);1H. The third-order valence-corrected chi connectivity index (χ3v) is 1.24. The minimum absolute atomic E-state index is 0. The SMILES string of the molecule is Cl.Nc1cc(F)ccc1C(=O)O. The molecule has 0 saturated heterocycles. The maximum absolute atomic E-state index is 12.3. The molecule has 0 radical (unpaired) electrons. The van der Waals surface area contributed by atoms with E-state index < -0.39 is 11.8 Å². The lowest BCUT2D eigenvalue weighted by atomic mass is 10.2. The maximum Gasteiger partial charge on any atom is 0.337 e. The topological polar surface area (TPSA) is 63.3 Å². The van der Waals surface area contributed by atoms with Crippen LogP contribution in [0.25, 0.3) is 0 Å². The Morgan fingerprint density at radius 2 is 2.08 bits per heavy atom. The van der Waals surface area contributed by atoms with Gasteiger partial charge in [-0.25, -0.2) is 9.18 Å². The predicted molar refractivity (Wildman–Crippen MR) is 45.0 cm³/mol. The Kier molecular flexibility index (Phi) is 3.50. The zero-order valence-electron chi connectivity index (χ0n) is 5.95. The molecule has 1 aromatic carbocycles. The van der Waals surface area contributed by atoms with Crippen molar-refractivity contribution in [3.05, 3.63) is 29.6 Å². The summed E-state index contributed by atoms with van der Waals surface area (Å²) in [6.07, 6.45) is 0. The monoisotopic (exact) mass is 191 g/mol. The Labute approximate surface area is 74.4 Å². The van der Waals surface area contributed by atoms with Crippen molar-refractivity contribution in [2.75, 3.05) is 5.73 Å². The van der Waals surface area contributed by atoms with Gasteiger partial charge in [0, 0.05) is 5.69 Å². The van der Waals surface area contributed by atoms with Crippen LogP contribution in [0.4, 0.5) is 10.1 Å². The summed E-state index contributed by atoms with van der Waals surface area (Å²) in [4.78, 5) is 10.3. The fraction of sp³-hybridized carbons (Fsp3) is 0. The normalized spacial score (nSPS) is 8.75. The molecule has 0 fully saturated rings. The van der Waals surface area contributed by atoms with Crippen LogP contribution in [-0.4, -0.2) is 11.1 Å². The highest BCUT2D eigenvalue weighted by molar-refractivity contribution is 5.93. The van der Waals surface area contributed by atoms with E-state index >= 15 is 0 Å². The largest absolute Gasteiger partial charge is 0.478 e. The van der Waals surface area contributed by atoms with Crippen LogP contribution in [0.15, 0.2) is 18.2 Å². The first-order valence-corrected chi connectivity index (χ1v) is 2.89. The molecule has 0 atom stereocenters. The van der Waals surface area contributed by atoms with Crippen LogP contribution >= 0.6 is 12.4 Å². The molecule has 1 rings (SSSR count). The minimum atomic E-state index is -1.15. The van der Waals surface area contributed by atoms with E-state index in [1.807, 2.05) is 0 Å². The van der Waals surface area contributed by atoms with Crippen molar-refractivity contribution in [3.8, 4) is 0 Å². The van der Waals surface area contributed by atoms with E-state index in [9.17, 15) is 9.18 Å². The van der Waals surface area contributed by atoms with Gasteiger partial charge in [-0.2, -0.15) is 0 Å². The number of nitrogens with two attached hydrogens (primary N) is 1. The summed E-state index contributed by atoms with van der Waals surface area (Å²) in [7, 11) is 0. The Morgan fingerprint density at radius 1 is 1.50 bits per heavy atom. The summed E-state index contributed by atoms with van der Waals surface area (Å²) in [6.45, 7) is 0. The van der Waals surface area contributed by atoms with Crippen molar-refractivity contribution in [2.24, 2.45) is 0 Å². The molecule has 5 heteroatoms. The van der Waals surface area contributed by atoms with Gasteiger partial charge >= 0.3 is 5.97 Å². The number of halogens is 2. The molecule has 3 N–H and O–H groups in total. The molecule has 0 amide bonds. The lowest BCUT2D eigenvalue weighted by molar-refractivity contribution is 0.0698. The van der Waals surface area contributed by atoms with Gasteiger partial charge in [0.15, 0.2) is 0 Å². The van der Waals surface area contributed by atoms with Gasteiger partial charge in [0.1, 0.15) is 5.82 Å². The number of carboxylic acid groups (broad SMARTS) is 1. The van der Waals surface area contributed by atoms with Gasteiger partial charge in [-0.1, -0.05) is 0 Å². The first-order valence-electron chi connectivity index (χ1n) is 2.89. The lowest BCUT2D eigenvalue weighted by Crippen LogP contribution is -2.02. The molecule has 0 aliphatic carbocycles. The summed E-state index contributed by atoms with van der Waals surface area (Å²) in [5, 5.41) is 8.45. The summed E-state index contributed by atoms with van der Waals surface area (Å²) >= 11 is 0. The predicted octanol–water partition coefficient (Wildman–Crippen LogP) is 1.53. The quantitative estimate of drug-likeness (QED) is 0.662. The van der Waals surface area contributed by atoms with Crippen molar-refractivity contribution in [3.63, 3.8) is 0 Å². The Hall–Kier alpha value is -1.29. The van der Waals surface area contributed by atoms with E-state index in [1.165, 1.54) is 0 Å². The molecule has 0 bridgehead atoms. The van der Waals surface area contributed by atoms with E-state index in [-0.39, 0.29) is 23.7 Å². The molecular weight excluding hydrogens is 185 g/mol. The van der Waals surface area contributed by atoms with Gasteiger partial charge in [0.25, 0.3) is 0 Å². The van der Waals surface area contributed by atoms with Gasteiger partial charge in [-0.05, 0) is 18.2 Å². The summed E-state index contributed by atoms with van der Waals surface area (Å²) in [5.74, 6) is -1.69. The molecule has 3 nitrogen and oxygen atoms in total. The van der Waals surface area contributed by atoms with Crippen molar-refractivity contribution < 1.29 is 14.3 Å². The Balaban J connectivity index is 0.00000121. The van der Waals surface area contributed by atoms with Crippen LogP contribution in [0.3, 0.4) is 0 Å². The first-order chi connectivity index (χ1) is 5.11. The first kappa shape index (κ1) is 10.7. The molecule has 0 aliphatic rings. The zero-order chi connectivity index (χ0) is 8.43. The number of hydrogen-bond acceptors (Lipinski definition) is 2. The van der Waals surface area contributed by atoms with E-state index in [4.69, 9.17) is 10.8 Å². The average molecular weight is 192 g/mol. The van der Waals surface area contributed by atoms with Crippen LogP contribution < -0.4 is 5.73 Å². The van der Waals surface area contributed by atoms with Crippen LogP contribution in [0, 0.1) is 5.82 Å². The number of carbonyl (C=O) groups is 1. The number of aromatic carboxylic acids is 1. The van der Waals surface area contributed by atoms with Crippen molar-refractivity contribution in [1.29, 1.82) is 0 Å². The smallest absolute Gasteiger partial charge is 0.337 e. The molecule has 12 heavy (non-hydrogen) atoms. The van der Waals surface area contributed by atoms with Gasteiger partial charge in [0.2, 0.25) is 0 Å². The lowest BCUT2D eigenvalue weighted by Gasteiger charge is -1.98. The number of benzene rings is 1. The van der Waals surface area contributed by atoms with Crippen molar-refractivity contribution >= 4 is 24.1 Å². The fourth-order valence-electron chi connectivity index (χ4n) is 0.728. The van der Waals surface area contributed by atoms with E-state index in [0.717, 1.165) is 18.2 Å². The number of nitrogen functional groups attached to an aromatic ring is 1. The molecule has 0 aromatic heterocycles. The molecule has 66 valence electrons. The van der Waals surface area contributed by atoms with Gasteiger partial charge in [-0.15, -0.1) is 12.4 Å². The number of hydrogen-bond donors (Lipinski definition) is 2. The number of anilines is 1. The second-order valence-corrected chi connectivity index (χ2v) is 2.04. The highest BCUT2D eigenvalue weighted by Crippen LogP contribution is 2.12. The van der Waals surface area contributed by atoms with Crippen LogP contribution in [0.5, 0.6) is 0 Å². The summed E-state index contributed by atoms with van der Waals surface area (Å²) in [6, 6.07) is 3.16. The molecule has 0 heterocycles. The van der Waals surface area contributed by atoms with Crippen molar-refractivity contribution in [1.82, 2.24) is 0 Å². The third-order valence-electron chi connectivity index (χ3n) is 1.24. The van der Waals surface area contributed by atoms with Crippen LogP contribution in [-0.2, 0) is 0 Å². The van der Waals surface area contributed by atoms with Crippen LogP contribution in [0.1, 0.15) is 10.4 Å². The summed E-state index contributed by atoms with van der Waals surface area (Å²) < 4.78 is 12.3. The fourth-order valence-corrected chi connectivity index (χ4v) is 0.728. The molecule has 1 aromatic rings. The van der Waals surface area contributed by atoms with Gasteiger partial charge in [-0.3, -0.25) is 0 Å². The molecule has 0 aliphatic heterocycles. The van der Waals surface area contributed by atoms with Crippen LogP contribution in [0.2, 0.25) is 0 Å². The Bertz CT molecular complexity index is 303. The van der Waals surface area contributed by atoms with Gasteiger partial charge < -0.3 is 10.8 Å². The van der Waals surface area contributed by atoms with Gasteiger partial charge in [0.05, 0.1) is 5.56 Å². The molecule has 0 saturated carbocycles. The second-order valence-electron chi connectivity index (χ2n) is 2.04. The average Bonchev–Trinajstić information content (AvgIpc) is 1.85. The maximum atomic E-state index is 12.3. The second kappa shape index (κ2) is 3.92. The Morgan fingerprint density at radius 3 is 2.50 bits per heavy atom. The summed E-state index contributed by atoms with van der Waals surface area (Å²) in [5.41, 5.74) is 5.07. The van der Waals surface area contributed by atoms with Crippen molar-refractivity contribution in [2.45, 2.75) is 0 Å². The molecule has 0 spiro atoms. The molecule has 0 unspecified atom stereocenters. The highest BCUT2D eigenvalue weighted by atomic mass is 35.5. The van der Waals surface area contributed by atoms with E-state index in [1.54, 1.807) is 0 Å². The highest BCUT2D eigenvalue weighted by Gasteiger charge is 2.06. The third kappa shape index (κ3) is 2.10. The zero-order valence-corrected chi connectivity index (χ0v) is 6.77. The molecular formula is C7H7ClFNO2. The number of carboxylic acids is 1. The number of rotatable bonds is 1. The minimum Gasteiger partial charge on any atom is -0.478 e.